The predicted octanol–water partition coefficient (Wildman–Crippen LogP) is 0.569. The fourth-order valence-electron chi connectivity index (χ4n) is 0.821. The Morgan fingerprint density at radius 1 is 1.42 bits per heavy atom. The predicted molar refractivity (Wildman–Crippen MR) is 43.6 cm³/mol. The van der Waals surface area contributed by atoms with E-state index < -0.39 is 5.97 Å². The van der Waals surface area contributed by atoms with Crippen LogP contribution in [0.1, 0.15) is 10.4 Å². The Morgan fingerprint density at radius 2 is 2.00 bits per heavy atom. The third-order valence-electron chi connectivity index (χ3n) is 1.34. The summed E-state index contributed by atoms with van der Waals surface area (Å²) < 4.78 is 4.83. The maximum Gasteiger partial charge on any atom is 0.339 e. The molecule has 1 rings (SSSR count). The van der Waals surface area contributed by atoms with Crippen molar-refractivity contribution in [3.05, 3.63) is 29.8 Å². The average molecular weight is 170 g/mol. The topological polar surface area (TPSA) is 78.0 Å². The van der Waals surface area contributed by atoms with Crippen molar-refractivity contribution in [2.45, 2.75) is 0 Å². The molecule has 0 aliphatic rings. The Kier molecular flexibility index (Phi) is 3.79. The molecule has 0 atom stereocenters. The van der Waals surface area contributed by atoms with Crippen molar-refractivity contribution in [1.29, 1.82) is 0 Å². The van der Waals surface area contributed by atoms with Gasteiger partial charge >= 0.3 is 5.97 Å². The number of carboxylic acids is 1. The van der Waals surface area contributed by atoms with Crippen LogP contribution in [-0.2, 0) is 0 Å². The van der Waals surface area contributed by atoms with Crippen LogP contribution in [0.25, 0.3) is 0 Å². The number of benzene rings is 1. The second-order valence-electron chi connectivity index (χ2n) is 2.01. The van der Waals surface area contributed by atoms with Gasteiger partial charge in [-0.1, -0.05) is 12.1 Å². The largest absolute Gasteiger partial charge is 0.496 e. The molecule has 0 fully saturated rings. The second-order valence-corrected chi connectivity index (χ2v) is 2.01. The van der Waals surface area contributed by atoms with Crippen LogP contribution >= 0.6 is 0 Å². The molecule has 3 N–H and O–H groups in total. The molecule has 0 spiro atoms. The molecule has 0 unspecified atom stereocenters. The van der Waals surface area contributed by atoms with E-state index in [1.54, 1.807) is 18.2 Å². The monoisotopic (exact) mass is 170 g/mol. The fraction of sp³-hybridized carbons (Fsp3) is 0.125. The van der Waals surface area contributed by atoms with E-state index in [0.717, 1.165) is 0 Å². The van der Waals surface area contributed by atoms with Gasteiger partial charge in [0.25, 0.3) is 0 Å². The zero-order valence-corrected chi connectivity index (χ0v) is 6.57. The molecule has 66 valence electrons. The van der Waals surface area contributed by atoms with Gasteiger partial charge in [0.2, 0.25) is 0 Å². The lowest BCUT2D eigenvalue weighted by Crippen LogP contribution is -1.99. The van der Waals surface area contributed by atoms with E-state index in [9.17, 15) is 4.79 Å². The standard InChI is InChI=1S/C8H8O3.H2O/c1-11-7-5-3-2-4-6(7)8(9)10;/h2-5H,1H3,(H,9,10);1H2. The highest BCUT2D eigenvalue weighted by Gasteiger charge is 2.07. The molecule has 0 saturated carbocycles. The molecule has 0 heterocycles. The van der Waals surface area contributed by atoms with E-state index in [-0.39, 0.29) is 11.0 Å². The van der Waals surface area contributed by atoms with Gasteiger partial charge in [0, 0.05) is 0 Å². The number of hydrogen-bond donors (Lipinski definition) is 1. The molecule has 1 aromatic carbocycles. The van der Waals surface area contributed by atoms with Gasteiger partial charge in [-0.05, 0) is 12.1 Å². The van der Waals surface area contributed by atoms with E-state index in [4.69, 9.17) is 9.84 Å². The maximum atomic E-state index is 10.5. The maximum absolute atomic E-state index is 10.5. The van der Waals surface area contributed by atoms with Crippen molar-refractivity contribution in [1.82, 2.24) is 0 Å². The van der Waals surface area contributed by atoms with Gasteiger partial charge in [-0.15, -0.1) is 0 Å². The molecular formula is C8H10O4. The van der Waals surface area contributed by atoms with Crippen molar-refractivity contribution >= 4 is 5.97 Å². The minimum atomic E-state index is -0.970. The van der Waals surface area contributed by atoms with Gasteiger partial charge in [-0.25, -0.2) is 4.79 Å². The first-order valence-corrected chi connectivity index (χ1v) is 3.12. The summed E-state index contributed by atoms with van der Waals surface area (Å²) in [5.74, 6) is -0.581. The van der Waals surface area contributed by atoms with E-state index in [0.29, 0.717) is 5.75 Å². The van der Waals surface area contributed by atoms with Crippen LogP contribution in [0.3, 0.4) is 0 Å². The Labute approximate surface area is 69.7 Å². The quantitative estimate of drug-likeness (QED) is 0.704. The summed E-state index contributed by atoms with van der Waals surface area (Å²) in [5.41, 5.74) is 0.190. The van der Waals surface area contributed by atoms with Gasteiger partial charge < -0.3 is 15.3 Å². The molecule has 1 aromatic rings. The van der Waals surface area contributed by atoms with Gasteiger partial charge in [-0.3, -0.25) is 0 Å². The summed E-state index contributed by atoms with van der Waals surface area (Å²) >= 11 is 0. The number of carbonyl (C=O) groups is 1. The van der Waals surface area contributed by atoms with Crippen LogP contribution in [-0.4, -0.2) is 23.7 Å². The number of methoxy groups -OCH3 is 1. The van der Waals surface area contributed by atoms with E-state index in [2.05, 4.69) is 0 Å². The molecule has 0 aliphatic heterocycles. The first-order chi connectivity index (χ1) is 5.25. The lowest BCUT2D eigenvalue weighted by atomic mass is 10.2. The number of ether oxygens (including phenoxy) is 1. The third kappa shape index (κ3) is 1.96. The van der Waals surface area contributed by atoms with Gasteiger partial charge in [0.1, 0.15) is 11.3 Å². The Balaban J connectivity index is 0.00000121. The lowest BCUT2D eigenvalue weighted by Gasteiger charge is -2.01. The number of aromatic carboxylic acids is 1. The summed E-state index contributed by atoms with van der Waals surface area (Å²) in [5, 5.41) is 8.62. The van der Waals surface area contributed by atoms with Crippen LogP contribution in [0, 0.1) is 0 Å². The number of rotatable bonds is 2. The van der Waals surface area contributed by atoms with Crippen molar-refractivity contribution in [2.24, 2.45) is 0 Å². The smallest absolute Gasteiger partial charge is 0.339 e. The highest BCUT2D eigenvalue weighted by molar-refractivity contribution is 5.90. The summed E-state index contributed by atoms with van der Waals surface area (Å²) in [6.45, 7) is 0. The fourth-order valence-corrected chi connectivity index (χ4v) is 0.821. The van der Waals surface area contributed by atoms with Gasteiger partial charge in [-0.2, -0.15) is 0 Å². The molecule has 0 amide bonds. The zero-order chi connectivity index (χ0) is 8.27. The van der Waals surface area contributed by atoms with Crippen molar-refractivity contribution < 1.29 is 20.1 Å². The highest BCUT2D eigenvalue weighted by atomic mass is 16.5. The van der Waals surface area contributed by atoms with Crippen LogP contribution in [0.15, 0.2) is 24.3 Å². The normalized spacial score (nSPS) is 8.42. The molecule has 0 aliphatic carbocycles. The van der Waals surface area contributed by atoms with E-state index in [1.165, 1.54) is 13.2 Å². The first-order valence-electron chi connectivity index (χ1n) is 3.12. The molecule has 0 saturated heterocycles. The molecule has 4 heteroatoms. The van der Waals surface area contributed by atoms with Crippen LogP contribution in [0.5, 0.6) is 5.75 Å². The van der Waals surface area contributed by atoms with Gasteiger partial charge in [0.15, 0.2) is 0 Å². The van der Waals surface area contributed by atoms with Crippen molar-refractivity contribution in [2.75, 3.05) is 7.11 Å². The number of hydrogen-bond acceptors (Lipinski definition) is 2. The van der Waals surface area contributed by atoms with Crippen LogP contribution in [0.2, 0.25) is 0 Å². The van der Waals surface area contributed by atoms with Gasteiger partial charge in [0.05, 0.1) is 7.11 Å². The van der Waals surface area contributed by atoms with Crippen LogP contribution in [0.4, 0.5) is 0 Å². The summed E-state index contributed by atoms with van der Waals surface area (Å²) in [4.78, 5) is 10.5. The van der Waals surface area contributed by atoms with Crippen LogP contribution < -0.4 is 4.74 Å². The summed E-state index contributed by atoms with van der Waals surface area (Å²) in [6.07, 6.45) is 0. The van der Waals surface area contributed by atoms with E-state index in [1.807, 2.05) is 0 Å². The molecule has 0 aromatic heterocycles. The third-order valence-corrected chi connectivity index (χ3v) is 1.34. The first kappa shape index (κ1) is 10.4. The molecule has 12 heavy (non-hydrogen) atoms. The lowest BCUT2D eigenvalue weighted by molar-refractivity contribution is 0.0693. The Morgan fingerprint density at radius 3 is 2.42 bits per heavy atom. The number of para-hydroxylation sites is 1. The molecular weight excluding hydrogens is 160 g/mol. The van der Waals surface area contributed by atoms with E-state index >= 15 is 0 Å². The second kappa shape index (κ2) is 4.35. The molecule has 0 bridgehead atoms. The van der Waals surface area contributed by atoms with Crippen molar-refractivity contribution in [3.8, 4) is 5.75 Å². The zero-order valence-electron chi connectivity index (χ0n) is 6.57. The summed E-state index contributed by atoms with van der Waals surface area (Å²) in [6, 6.07) is 6.50. The molecule has 0 radical (unpaired) electrons. The Hall–Kier alpha value is -1.55. The molecule has 4 nitrogen and oxygen atoms in total. The summed E-state index contributed by atoms with van der Waals surface area (Å²) in [7, 11) is 1.45. The average Bonchev–Trinajstić information content (AvgIpc) is 2.04. The highest BCUT2D eigenvalue weighted by Crippen LogP contribution is 2.16. The minimum Gasteiger partial charge on any atom is -0.496 e. The van der Waals surface area contributed by atoms with Crippen molar-refractivity contribution in [3.63, 3.8) is 0 Å². The Bertz CT molecular complexity index is 270. The minimum absolute atomic E-state index is 0. The number of carboxylic acid groups (broad SMARTS) is 1. The SMILES string of the molecule is COc1ccccc1C(=O)O.O.